The van der Waals surface area contributed by atoms with E-state index in [1.54, 1.807) is 0 Å². The van der Waals surface area contributed by atoms with Gasteiger partial charge in [-0.2, -0.15) is 0 Å². The lowest BCUT2D eigenvalue weighted by atomic mass is 9.89. The predicted molar refractivity (Wildman–Crippen MR) is 93.0 cm³/mol. The molecule has 134 valence electrons. The van der Waals surface area contributed by atoms with Gasteiger partial charge in [-0.1, -0.05) is 54.6 Å². The largest absolute Gasteiger partial charge is 0.396 e. The van der Waals surface area contributed by atoms with Crippen LogP contribution < -0.4 is 0 Å². The Balaban J connectivity index is 1.81. The highest BCUT2D eigenvalue weighted by Gasteiger charge is 2.43. The van der Waals surface area contributed by atoms with Gasteiger partial charge in [0.05, 0.1) is 6.10 Å². The quantitative estimate of drug-likeness (QED) is 0.654. The van der Waals surface area contributed by atoms with Crippen molar-refractivity contribution in [3.8, 4) is 0 Å². The van der Waals surface area contributed by atoms with E-state index in [1.807, 2.05) is 42.5 Å². The molecule has 5 atom stereocenters. The zero-order chi connectivity index (χ0) is 17.8. The minimum Gasteiger partial charge on any atom is -0.396 e. The summed E-state index contributed by atoms with van der Waals surface area (Å²) in [5.74, 6) is 0. The molecule has 0 saturated carbocycles. The van der Waals surface area contributed by atoms with E-state index >= 15 is 0 Å². The number of hydrogen-bond acceptors (Lipinski definition) is 5. The molecule has 0 radical (unpaired) electrons. The second-order valence-electron chi connectivity index (χ2n) is 6.49. The Morgan fingerprint density at radius 1 is 0.800 bits per heavy atom. The van der Waals surface area contributed by atoms with Crippen molar-refractivity contribution in [2.75, 3.05) is 6.61 Å². The van der Waals surface area contributed by atoms with Crippen molar-refractivity contribution in [1.82, 2.24) is 0 Å². The fraction of sp³-hybridized carbons (Fsp3) is 0.400. The van der Waals surface area contributed by atoms with E-state index < -0.39 is 30.5 Å². The van der Waals surface area contributed by atoms with Crippen molar-refractivity contribution in [2.24, 2.45) is 0 Å². The molecule has 1 aliphatic rings. The van der Waals surface area contributed by atoms with Crippen LogP contribution in [0.1, 0.15) is 29.2 Å². The molecule has 1 heterocycles. The number of aliphatic hydroxyl groups excluding tert-OH is 4. The smallest absolute Gasteiger partial charge is 0.113 e. The van der Waals surface area contributed by atoms with Crippen LogP contribution in [0.4, 0.5) is 0 Å². The van der Waals surface area contributed by atoms with Crippen LogP contribution in [0.25, 0.3) is 0 Å². The zero-order valence-corrected chi connectivity index (χ0v) is 13.9. The van der Waals surface area contributed by atoms with Crippen molar-refractivity contribution in [1.29, 1.82) is 0 Å². The maximum absolute atomic E-state index is 10.3. The van der Waals surface area contributed by atoms with E-state index in [2.05, 4.69) is 12.1 Å². The summed E-state index contributed by atoms with van der Waals surface area (Å²) in [5.41, 5.74) is 2.99. The van der Waals surface area contributed by atoms with E-state index in [9.17, 15) is 15.3 Å². The predicted octanol–water partition coefficient (Wildman–Crippen LogP) is 1.18. The summed E-state index contributed by atoms with van der Waals surface area (Å²) in [4.78, 5) is 0. The summed E-state index contributed by atoms with van der Waals surface area (Å²) in [6.07, 6.45) is -4.26. The van der Waals surface area contributed by atoms with Crippen LogP contribution >= 0.6 is 0 Å². The molecule has 25 heavy (non-hydrogen) atoms. The summed E-state index contributed by atoms with van der Waals surface area (Å²) >= 11 is 0. The third-order valence-corrected chi connectivity index (χ3v) is 4.66. The molecule has 1 aliphatic heterocycles. The minimum absolute atomic E-state index is 0.161. The lowest BCUT2D eigenvalue weighted by Gasteiger charge is -2.41. The first-order chi connectivity index (χ1) is 12.1. The lowest BCUT2D eigenvalue weighted by Crippen LogP contribution is -2.54. The van der Waals surface area contributed by atoms with E-state index in [0.29, 0.717) is 0 Å². The fourth-order valence-electron chi connectivity index (χ4n) is 3.30. The zero-order valence-electron chi connectivity index (χ0n) is 13.9. The van der Waals surface area contributed by atoms with Gasteiger partial charge in [-0.05, 0) is 29.5 Å². The average molecular weight is 344 g/mol. The molecule has 2 aromatic carbocycles. The van der Waals surface area contributed by atoms with Gasteiger partial charge in [-0.15, -0.1) is 0 Å². The van der Waals surface area contributed by atoms with Gasteiger partial charge in [0, 0.05) is 6.61 Å². The van der Waals surface area contributed by atoms with E-state index in [4.69, 9.17) is 9.84 Å². The molecule has 0 bridgehead atoms. The van der Waals surface area contributed by atoms with Gasteiger partial charge >= 0.3 is 0 Å². The number of ether oxygens (including phenoxy) is 1. The highest BCUT2D eigenvalue weighted by molar-refractivity contribution is 5.31. The Bertz CT molecular complexity index is 675. The minimum atomic E-state index is -1.31. The van der Waals surface area contributed by atoms with E-state index in [-0.39, 0.29) is 13.0 Å². The van der Waals surface area contributed by atoms with Crippen LogP contribution in [0.3, 0.4) is 0 Å². The summed E-state index contributed by atoms with van der Waals surface area (Å²) in [5, 5.41) is 39.6. The summed E-state index contributed by atoms with van der Waals surface area (Å²) in [6.45, 7) is -0.161. The van der Waals surface area contributed by atoms with E-state index in [1.165, 1.54) is 5.56 Å². The van der Waals surface area contributed by atoms with Crippen LogP contribution in [-0.2, 0) is 11.2 Å². The Kier molecular flexibility index (Phi) is 5.83. The highest BCUT2D eigenvalue weighted by atomic mass is 16.5. The maximum Gasteiger partial charge on any atom is 0.113 e. The highest BCUT2D eigenvalue weighted by Crippen LogP contribution is 2.34. The number of rotatable bonds is 5. The topological polar surface area (TPSA) is 90.2 Å². The summed E-state index contributed by atoms with van der Waals surface area (Å²) in [6, 6.07) is 17.7. The normalized spacial score (nSPS) is 29.5. The molecule has 4 N–H and O–H groups in total. The van der Waals surface area contributed by atoms with Gasteiger partial charge < -0.3 is 25.2 Å². The molecule has 0 aliphatic carbocycles. The number of hydrogen-bond donors (Lipinski definition) is 4. The molecule has 1 unspecified atom stereocenters. The van der Waals surface area contributed by atoms with Gasteiger partial charge in [0.15, 0.2) is 0 Å². The molecule has 2 aromatic rings. The Morgan fingerprint density at radius 2 is 1.52 bits per heavy atom. The molecule has 0 amide bonds. The van der Waals surface area contributed by atoms with Crippen LogP contribution in [0.15, 0.2) is 54.6 Å². The molecule has 5 nitrogen and oxygen atoms in total. The average Bonchev–Trinajstić information content (AvgIpc) is 2.63. The SMILES string of the molecule is OCCC1O[C@@H](c2cccc(Cc3ccccc3)c2)[C@H](O)[C@@H](O)[C@@H]1O. The lowest BCUT2D eigenvalue weighted by molar-refractivity contribution is -0.227. The molecule has 0 aromatic heterocycles. The second kappa shape index (κ2) is 8.08. The van der Waals surface area contributed by atoms with Crippen molar-refractivity contribution < 1.29 is 25.2 Å². The van der Waals surface area contributed by atoms with Crippen LogP contribution in [0.2, 0.25) is 0 Å². The Labute approximate surface area is 147 Å². The van der Waals surface area contributed by atoms with Crippen LogP contribution in [0.5, 0.6) is 0 Å². The molecule has 5 heteroatoms. The second-order valence-corrected chi connectivity index (χ2v) is 6.49. The van der Waals surface area contributed by atoms with Gasteiger partial charge in [-0.3, -0.25) is 0 Å². The molecule has 0 spiro atoms. The first-order valence-corrected chi connectivity index (χ1v) is 8.53. The van der Waals surface area contributed by atoms with Gasteiger partial charge in [0.25, 0.3) is 0 Å². The van der Waals surface area contributed by atoms with Crippen molar-refractivity contribution >= 4 is 0 Å². The summed E-state index contributed by atoms with van der Waals surface area (Å²) in [7, 11) is 0. The molecular formula is C20H24O5. The number of benzene rings is 2. The molecular weight excluding hydrogens is 320 g/mol. The standard InChI is InChI=1S/C20H24O5/c21-10-9-16-17(22)18(23)19(24)20(25-16)15-8-4-7-14(12-15)11-13-5-2-1-3-6-13/h1-8,12,16-24H,9-11H2/t16?,17-,18+,19-,20+/m1/s1. The van der Waals surface area contributed by atoms with Gasteiger partial charge in [0.1, 0.15) is 24.4 Å². The Morgan fingerprint density at radius 3 is 2.24 bits per heavy atom. The maximum atomic E-state index is 10.3. The van der Waals surface area contributed by atoms with Crippen molar-refractivity contribution in [2.45, 2.75) is 43.4 Å². The van der Waals surface area contributed by atoms with Crippen molar-refractivity contribution in [3.63, 3.8) is 0 Å². The van der Waals surface area contributed by atoms with Gasteiger partial charge in [-0.25, -0.2) is 0 Å². The molecule has 1 saturated heterocycles. The van der Waals surface area contributed by atoms with Crippen molar-refractivity contribution in [3.05, 3.63) is 71.3 Å². The van der Waals surface area contributed by atoms with Gasteiger partial charge in [0.2, 0.25) is 0 Å². The fourth-order valence-corrected chi connectivity index (χ4v) is 3.30. The summed E-state index contributed by atoms with van der Waals surface area (Å²) < 4.78 is 5.79. The van der Waals surface area contributed by atoms with E-state index in [0.717, 1.165) is 17.5 Å². The monoisotopic (exact) mass is 344 g/mol. The van der Waals surface area contributed by atoms with Crippen LogP contribution in [-0.4, -0.2) is 51.4 Å². The molecule has 1 fully saturated rings. The van der Waals surface area contributed by atoms with Crippen LogP contribution in [0, 0.1) is 0 Å². The first kappa shape index (κ1) is 18.0. The molecule has 3 rings (SSSR count). The third kappa shape index (κ3) is 4.08. The first-order valence-electron chi connectivity index (χ1n) is 8.53. The Hall–Kier alpha value is -1.76. The number of aliphatic hydroxyl groups is 4. The third-order valence-electron chi connectivity index (χ3n) is 4.66.